The lowest BCUT2D eigenvalue weighted by molar-refractivity contribution is -0.142. The Morgan fingerprint density at radius 2 is 1.66 bits per heavy atom. The van der Waals surface area contributed by atoms with Crippen LogP contribution in [0.25, 0.3) is 27.7 Å². The van der Waals surface area contributed by atoms with Gasteiger partial charge >= 0.3 is 6.18 Å². The van der Waals surface area contributed by atoms with Crippen molar-refractivity contribution in [3.05, 3.63) is 97.1 Å². The first-order valence-electron chi connectivity index (χ1n) is 9.78. The maximum Gasteiger partial charge on any atom is 0.433 e. The fourth-order valence-electron chi connectivity index (χ4n) is 3.48. The third-order valence-corrected chi connectivity index (χ3v) is 5.01. The highest BCUT2D eigenvalue weighted by Gasteiger charge is 2.36. The van der Waals surface area contributed by atoms with Gasteiger partial charge in [-0.2, -0.15) is 18.3 Å². The molecule has 3 heterocycles. The molecule has 0 aliphatic heterocycles. The first-order chi connectivity index (χ1) is 15.5. The van der Waals surface area contributed by atoms with Gasteiger partial charge in [0.25, 0.3) is 0 Å². The topological polar surface area (TPSA) is 55.6 Å². The highest BCUT2D eigenvalue weighted by molar-refractivity contribution is 5.93. The Balaban J connectivity index is 1.49. The van der Waals surface area contributed by atoms with Crippen LogP contribution in [0.3, 0.4) is 0 Å². The third-order valence-electron chi connectivity index (χ3n) is 5.01. The highest BCUT2D eigenvalue weighted by Crippen LogP contribution is 2.34. The number of benzene rings is 2. The summed E-state index contributed by atoms with van der Waals surface area (Å²) in [4.78, 5) is 8.35. The van der Waals surface area contributed by atoms with Crippen LogP contribution < -0.4 is 5.32 Å². The predicted octanol–water partition coefficient (Wildman–Crippen LogP) is 6.24. The van der Waals surface area contributed by atoms with Crippen molar-refractivity contribution in [1.82, 2.24) is 19.7 Å². The molecule has 0 fully saturated rings. The van der Waals surface area contributed by atoms with Gasteiger partial charge in [0.05, 0.1) is 11.4 Å². The Kier molecular flexibility index (Phi) is 4.82. The zero-order chi connectivity index (χ0) is 22.1. The molecule has 5 aromatic rings. The molecule has 3 aromatic heterocycles. The fourth-order valence-corrected chi connectivity index (χ4v) is 3.48. The van der Waals surface area contributed by atoms with Crippen LogP contribution in [0.1, 0.15) is 5.69 Å². The molecule has 0 saturated heterocycles. The first kappa shape index (κ1) is 19.7. The van der Waals surface area contributed by atoms with Gasteiger partial charge in [0.15, 0.2) is 0 Å². The van der Waals surface area contributed by atoms with Crippen molar-refractivity contribution in [3.63, 3.8) is 0 Å². The number of hydrogen-bond donors (Lipinski definition) is 1. The minimum Gasteiger partial charge on any atom is -0.340 e. The normalized spacial score (nSPS) is 11.6. The van der Waals surface area contributed by atoms with Gasteiger partial charge in [-0.3, -0.25) is 4.98 Å². The fraction of sp³-hybridized carbons (Fsp3) is 0.0417. The van der Waals surface area contributed by atoms with E-state index in [9.17, 15) is 13.2 Å². The summed E-state index contributed by atoms with van der Waals surface area (Å²) in [6.07, 6.45) is 0.189. The Hall–Kier alpha value is -4.20. The maximum atomic E-state index is 13.7. The molecule has 2 aromatic carbocycles. The quantitative estimate of drug-likeness (QED) is 0.366. The predicted molar refractivity (Wildman–Crippen MR) is 117 cm³/mol. The molecule has 0 atom stereocenters. The standard InChI is InChI=1S/C24H16F3N5/c25-24(26,27)22-14-21(17-5-3-12-28-15-17)31-32(22)19-9-7-18(8-10-19)30-23-20-6-2-1-4-16(20)11-13-29-23/h1-15H,(H,29,30). The molecular formula is C24H16F3N5. The van der Waals surface area contributed by atoms with Gasteiger partial charge in [-0.05, 0) is 53.9 Å². The smallest absolute Gasteiger partial charge is 0.340 e. The van der Waals surface area contributed by atoms with Crippen LogP contribution in [0.5, 0.6) is 0 Å². The summed E-state index contributed by atoms with van der Waals surface area (Å²) in [5.74, 6) is 0.671. The summed E-state index contributed by atoms with van der Waals surface area (Å²) < 4.78 is 41.9. The van der Waals surface area contributed by atoms with Crippen molar-refractivity contribution in [2.75, 3.05) is 5.32 Å². The Bertz CT molecular complexity index is 1370. The molecule has 0 spiro atoms. The van der Waals surface area contributed by atoms with Gasteiger partial charge in [-0.15, -0.1) is 0 Å². The van der Waals surface area contributed by atoms with Gasteiger partial charge in [-0.25, -0.2) is 9.67 Å². The van der Waals surface area contributed by atoms with Crippen LogP contribution in [0, 0.1) is 0 Å². The summed E-state index contributed by atoms with van der Waals surface area (Å²) in [7, 11) is 0. The van der Waals surface area contributed by atoms with E-state index in [0.29, 0.717) is 22.8 Å². The van der Waals surface area contributed by atoms with Gasteiger partial charge in [-0.1, -0.05) is 24.3 Å². The second-order valence-electron chi connectivity index (χ2n) is 7.12. The second-order valence-corrected chi connectivity index (χ2v) is 7.12. The molecule has 158 valence electrons. The maximum absolute atomic E-state index is 13.7. The van der Waals surface area contributed by atoms with Gasteiger partial charge in [0.2, 0.25) is 0 Å². The van der Waals surface area contributed by atoms with Gasteiger partial charge < -0.3 is 5.32 Å². The molecule has 1 N–H and O–H groups in total. The number of alkyl halides is 3. The Labute approximate surface area is 181 Å². The van der Waals surface area contributed by atoms with Crippen molar-refractivity contribution < 1.29 is 13.2 Å². The number of rotatable bonds is 4. The number of hydrogen-bond acceptors (Lipinski definition) is 4. The second kappa shape index (κ2) is 7.81. The van der Waals surface area contributed by atoms with Gasteiger partial charge in [0, 0.05) is 35.2 Å². The van der Waals surface area contributed by atoms with Crippen LogP contribution in [-0.4, -0.2) is 19.7 Å². The van der Waals surface area contributed by atoms with E-state index in [0.717, 1.165) is 21.5 Å². The number of pyridine rings is 2. The minimum absolute atomic E-state index is 0.201. The summed E-state index contributed by atoms with van der Waals surface area (Å²) in [5, 5.41) is 9.41. The lowest BCUT2D eigenvalue weighted by atomic mass is 10.1. The molecule has 8 heteroatoms. The number of nitrogens with one attached hydrogen (secondary N) is 1. The van der Waals surface area contributed by atoms with Crippen LogP contribution in [0.2, 0.25) is 0 Å². The molecule has 5 rings (SSSR count). The van der Waals surface area contributed by atoms with Crippen LogP contribution in [-0.2, 0) is 6.18 Å². The SMILES string of the molecule is FC(F)(F)c1cc(-c2cccnc2)nn1-c1ccc(Nc2nccc3ccccc23)cc1. The largest absolute Gasteiger partial charge is 0.433 e. The molecule has 0 aliphatic carbocycles. The first-order valence-corrected chi connectivity index (χ1v) is 9.78. The average Bonchev–Trinajstić information content (AvgIpc) is 3.27. The zero-order valence-electron chi connectivity index (χ0n) is 16.6. The lowest BCUT2D eigenvalue weighted by Gasteiger charge is -2.12. The zero-order valence-corrected chi connectivity index (χ0v) is 16.6. The number of aromatic nitrogens is 4. The summed E-state index contributed by atoms with van der Waals surface area (Å²) in [6, 6.07) is 20.7. The molecule has 0 unspecified atom stereocenters. The number of nitrogens with zero attached hydrogens (tertiary/aromatic N) is 4. The Morgan fingerprint density at radius 3 is 2.41 bits per heavy atom. The Morgan fingerprint density at radius 1 is 0.844 bits per heavy atom. The van der Waals surface area contributed by atoms with Crippen molar-refractivity contribution in [2.45, 2.75) is 6.18 Å². The number of fused-ring (bicyclic) bond motifs is 1. The molecule has 0 bridgehead atoms. The monoisotopic (exact) mass is 431 g/mol. The summed E-state index contributed by atoms with van der Waals surface area (Å²) >= 11 is 0. The van der Waals surface area contributed by atoms with E-state index in [1.54, 1.807) is 48.8 Å². The lowest BCUT2D eigenvalue weighted by Crippen LogP contribution is -2.13. The minimum atomic E-state index is -4.56. The molecule has 0 amide bonds. The van der Waals surface area contributed by atoms with Gasteiger partial charge in [0.1, 0.15) is 11.5 Å². The number of halogens is 3. The van der Waals surface area contributed by atoms with E-state index in [-0.39, 0.29) is 5.69 Å². The van der Waals surface area contributed by atoms with Crippen LogP contribution >= 0.6 is 0 Å². The van der Waals surface area contributed by atoms with E-state index in [1.165, 1.54) is 6.20 Å². The van der Waals surface area contributed by atoms with Crippen molar-refractivity contribution in [1.29, 1.82) is 0 Å². The van der Waals surface area contributed by atoms with E-state index < -0.39 is 11.9 Å². The third kappa shape index (κ3) is 3.78. The van der Waals surface area contributed by atoms with E-state index >= 15 is 0 Å². The number of anilines is 2. The van der Waals surface area contributed by atoms with E-state index in [4.69, 9.17) is 0 Å². The van der Waals surface area contributed by atoms with Crippen LogP contribution in [0.4, 0.5) is 24.7 Å². The summed E-state index contributed by atoms with van der Waals surface area (Å²) in [6.45, 7) is 0. The molecule has 0 saturated carbocycles. The highest BCUT2D eigenvalue weighted by atomic mass is 19.4. The van der Waals surface area contributed by atoms with Crippen molar-refractivity contribution >= 4 is 22.3 Å². The molecule has 5 nitrogen and oxygen atoms in total. The summed E-state index contributed by atoms with van der Waals surface area (Å²) in [5.41, 5.74) is 0.854. The molecule has 32 heavy (non-hydrogen) atoms. The van der Waals surface area contributed by atoms with Crippen molar-refractivity contribution in [3.8, 4) is 16.9 Å². The molecule has 0 aliphatic rings. The van der Waals surface area contributed by atoms with E-state index in [2.05, 4.69) is 20.4 Å². The van der Waals surface area contributed by atoms with Crippen LogP contribution in [0.15, 0.2) is 91.4 Å². The average molecular weight is 431 g/mol. The van der Waals surface area contributed by atoms with E-state index in [1.807, 2.05) is 30.3 Å². The molecule has 0 radical (unpaired) electrons. The van der Waals surface area contributed by atoms with Crippen molar-refractivity contribution in [2.24, 2.45) is 0 Å². The molecular weight excluding hydrogens is 415 g/mol.